The van der Waals surface area contributed by atoms with Crippen LogP contribution in [0.15, 0.2) is 53.7 Å². The number of carbonyl (C=O) groups excluding carboxylic acids is 2. The van der Waals surface area contributed by atoms with Crippen LogP contribution in [-0.4, -0.2) is 32.0 Å². The third-order valence-corrected chi connectivity index (χ3v) is 5.28. The summed E-state index contributed by atoms with van der Waals surface area (Å²) in [6, 6.07) is 14.2. The Hall–Kier alpha value is -2.84. The van der Waals surface area contributed by atoms with Crippen LogP contribution >= 0.6 is 23.4 Å². The fourth-order valence-corrected chi connectivity index (χ4v) is 3.58. The SMILES string of the molecule is Cc1ccccc1-n1c(S[C@H](C)C(=O)NC(N)=O)nnc1-c1ccc(Cl)cc1. The summed E-state index contributed by atoms with van der Waals surface area (Å²) < 4.78 is 1.89. The van der Waals surface area contributed by atoms with E-state index in [0.717, 1.165) is 16.8 Å². The molecule has 3 amide bonds. The van der Waals surface area contributed by atoms with Crippen LogP contribution in [0.3, 0.4) is 0 Å². The number of benzene rings is 2. The molecule has 0 radical (unpaired) electrons. The van der Waals surface area contributed by atoms with E-state index in [-0.39, 0.29) is 0 Å². The number of aromatic nitrogens is 3. The van der Waals surface area contributed by atoms with E-state index in [1.807, 2.05) is 47.9 Å². The molecule has 0 bridgehead atoms. The number of hydrogen-bond acceptors (Lipinski definition) is 5. The highest BCUT2D eigenvalue weighted by Crippen LogP contribution is 2.31. The van der Waals surface area contributed by atoms with Crippen molar-refractivity contribution < 1.29 is 9.59 Å². The Morgan fingerprint density at radius 2 is 1.82 bits per heavy atom. The molecule has 28 heavy (non-hydrogen) atoms. The minimum absolute atomic E-state index is 0.495. The molecule has 0 unspecified atom stereocenters. The number of nitrogens with two attached hydrogens (primary N) is 1. The fourth-order valence-electron chi connectivity index (χ4n) is 2.60. The summed E-state index contributed by atoms with van der Waals surface area (Å²) >= 11 is 7.19. The van der Waals surface area contributed by atoms with E-state index in [9.17, 15) is 9.59 Å². The number of nitrogens with zero attached hydrogens (tertiary/aromatic N) is 3. The Morgan fingerprint density at radius 1 is 1.14 bits per heavy atom. The average Bonchev–Trinajstić information content (AvgIpc) is 3.05. The van der Waals surface area contributed by atoms with E-state index in [0.29, 0.717) is 16.0 Å². The Kier molecular flexibility index (Phi) is 6.01. The van der Waals surface area contributed by atoms with Crippen molar-refractivity contribution in [1.29, 1.82) is 0 Å². The molecule has 3 rings (SSSR count). The number of imide groups is 1. The van der Waals surface area contributed by atoms with Crippen molar-refractivity contribution in [3.05, 3.63) is 59.1 Å². The van der Waals surface area contributed by atoms with E-state index in [2.05, 4.69) is 15.5 Å². The second-order valence-corrected chi connectivity index (χ2v) is 7.79. The number of halogens is 1. The first-order valence-corrected chi connectivity index (χ1v) is 9.67. The maximum atomic E-state index is 12.1. The van der Waals surface area contributed by atoms with Crippen LogP contribution in [0.1, 0.15) is 12.5 Å². The quantitative estimate of drug-likeness (QED) is 0.620. The molecule has 0 aliphatic carbocycles. The van der Waals surface area contributed by atoms with Crippen LogP contribution in [0.4, 0.5) is 4.79 Å². The van der Waals surface area contributed by atoms with Gasteiger partial charge in [0.1, 0.15) is 0 Å². The highest BCUT2D eigenvalue weighted by molar-refractivity contribution is 8.00. The number of urea groups is 1. The highest BCUT2D eigenvalue weighted by Gasteiger charge is 2.23. The van der Waals surface area contributed by atoms with E-state index in [4.69, 9.17) is 17.3 Å². The standard InChI is InChI=1S/C19H18ClN5O2S/c1-11-5-3-4-6-15(11)25-16(13-7-9-14(20)10-8-13)23-24-19(25)28-12(2)17(26)22-18(21)27/h3-10,12H,1-2H3,(H3,21,22,26,27)/t12-/m1/s1. The lowest BCUT2D eigenvalue weighted by Gasteiger charge is -2.15. The minimum atomic E-state index is -0.889. The molecule has 0 fully saturated rings. The van der Waals surface area contributed by atoms with E-state index >= 15 is 0 Å². The maximum Gasteiger partial charge on any atom is 0.318 e. The number of aryl methyl sites for hydroxylation is 1. The van der Waals surface area contributed by atoms with Gasteiger partial charge in [-0.1, -0.05) is 41.6 Å². The lowest BCUT2D eigenvalue weighted by molar-refractivity contribution is -0.119. The molecule has 1 atom stereocenters. The van der Waals surface area contributed by atoms with Crippen LogP contribution < -0.4 is 11.1 Å². The Labute approximate surface area is 171 Å². The average molecular weight is 416 g/mol. The number of amides is 3. The van der Waals surface area contributed by atoms with Gasteiger partial charge < -0.3 is 5.73 Å². The summed E-state index contributed by atoms with van der Waals surface area (Å²) in [5.74, 6) is 0.126. The summed E-state index contributed by atoms with van der Waals surface area (Å²) in [6.07, 6.45) is 0. The second kappa shape index (κ2) is 8.45. The molecule has 1 aromatic heterocycles. The molecule has 3 N–H and O–H groups in total. The normalized spacial score (nSPS) is 11.8. The monoisotopic (exact) mass is 415 g/mol. The summed E-state index contributed by atoms with van der Waals surface area (Å²) in [6.45, 7) is 3.65. The van der Waals surface area contributed by atoms with Gasteiger partial charge in [0.15, 0.2) is 11.0 Å². The fraction of sp³-hybridized carbons (Fsp3) is 0.158. The van der Waals surface area contributed by atoms with Crippen LogP contribution in [0.25, 0.3) is 17.1 Å². The summed E-state index contributed by atoms with van der Waals surface area (Å²) in [4.78, 5) is 23.0. The Balaban J connectivity index is 2.06. The number of rotatable bonds is 5. The van der Waals surface area contributed by atoms with Gasteiger partial charge in [-0.25, -0.2) is 4.79 Å². The molecule has 0 aliphatic heterocycles. The topological polar surface area (TPSA) is 103 Å². The predicted molar refractivity (Wildman–Crippen MR) is 110 cm³/mol. The molecule has 9 heteroatoms. The van der Waals surface area contributed by atoms with Crippen LogP contribution in [0.2, 0.25) is 5.02 Å². The van der Waals surface area contributed by atoms with Crippen molar-refractivity contribution in [2.45, 2.75) is 24.3 Å². The van der Waals surface area contributed by atoms with Gasteiger partial charge in [-0.2, -0.15) is 0 Å². The van der Waals surface area contributed by atoms with Crippen molar-refractivity contribution in [3.63, 3.8) is 0 Å². The van der Waals surface area contributed by atoms with Crippen LogP contribution in [-0.2, 0) is 4.79 Å². The van der Waals surface area contributed by atoms with E-state index in [1.54, 1.807) is 19.1 Å². The number of carbonyl (C=O) groups is 2. The highest BCUT2D eigenvalue weighted by atomic mass is 35.5. The first-order chi connectivity index (χ1) is 13.4. The molecular weight excluding hydrogens is 398 g/mol. The van der Waals surface area contributed by atoms with Gasteiger partial charge in [-0.3, -0.25) is 14.7 Å². The largest absolute Gasteiger partial charge is 0.351 e. The first-order valence-electron chi connectivity index (χ1n) is 8.41. The Bertz CT molecular complexity index is 1020. The number of thioether (sulfide) groups is 1. The zero-order valence-corrected chi connectivity index (χ0v) is 16.8. The molecule has 144 valence electrons. The second-order valence-electron chi connectivity index (χ2n) is 6.05. The molecule has 1 heterocycles. The van der Waals surface area contributed by atoms with Crippen LogP contribution in [0, 0.1) is 6.92 Å². The number of hydrogen-bond donors (Lipinski definition) is 2. The zero-order valence-electron chi connectivity index (χ0n) is 15.2. The third-order valence-electron chi connectivity index (χ3n) is 3.99. The molecule has 0 saturated carbocycles. The molecule has 2 aromatic carbocycles. The van der Waals surface area contributed by atoms with E-state index < -0.39 is 17.2 Å². The van der Waals surface area contributed by atoms with Gasteiger partial charge in [-0.05, 0) is 49.7 Å². The van der Waals surface area contributed by atoms with E-state index in [1.165, 1.54) is 11.8 Å². The lowest BCUT2D eigenvalue weighted by Crippen LogP contribution is -2.39. The first kappa shape index (κ1) is 19.9. The van der Waals surface area contributed by atoms with Crippen molar-refractivity contribution in [3.8, 4) is 17.1 Å². The van der Waals surface area contributed by atoms with Crippen molar-refractivity contribution in [2.24, 2.45) is 5.73 Å². The molecule has 0 aliphatic rings. The summed E-state index contributed by atoms with van der Waals surface area (Å²) in [7, 11) is 0. The zero-order chi connectivity index (χ0) is 20.3. The smallest absolute Gasteiger partial charge is 0.318 e. The number of primary amides is 1. The van der Waals surface area contributed by atoms with Gasteiger partial charge in [-0.15, -0.1) is 10.2 Å². The van der Waals surface area contributed by atoms with Gasteiger partial charge in [0.2, 0.25) is 5.91 Å². The van der Waals surface area contributed by atoms with Gasteiger partial charge in [0.05, 0.1) is 10.9 Å². The van der Waals surface area contributed by atoms with Crippen molar-refractivity contribution in [2.75, 3.05) is 0 Å². The van der Waals surface area contributed by atoms with Gasteiger partial charge in [0.25, 0.3) is 0 Å². The third kappa shape index (κ3) is 4.35. The molecule has 7 nitrogen and oxygen atoms in total. The number of nitrogens with one attached hydrogen (secondary N) is 1. The van der Waals surface area contributed by atoms with Gasteiger partial charge >= 0.3 is 6.03 Å². The van der Waals surface area contributed by atoms with Crippen molar-refractivity contribution >= 4 is 35.3 Å². The molecule has 3 aromatic rings. The lowest BCUT2D eigenvalue weighted by atomic mass is 10.1. The van der Waals surface area contributed by atoms with Crippen molar-refractivity contribution in [1.82, 2.24) is 20.1 Å². The minimum Gasteiger partial charge on any atom is -0.351 e. The molecular formula is C19H18ClN5O2S. The molecule has 0 spiro atoms. The van der Waals surface area contributed by atoms with Crippen LogP contribution in [0.5, 0.6) is 0 Å². The summed E-state index contributed by atoms with van der Waals surface area (Å²) in [5.41, 5.74) is 7.78. The number of para-hydroxylation sites is 1. The maximum absolute atomic E-state index is 12.1. The van der Waals surface area contributed by atoms with Gasteiger partial charge in [0, 0.05) is 10.6 Å². The predicted octanol–water partition coefficient (Wildman–Crippen LogP) is 3.57. The summed E-state index contributed by atoms with van der Waals surface area (Å²) in [5, 5.41) is 11.2. The Morgan fingerprint density at radius 3 is 2.46 bits per heavy atom. The molecule has 0 saturated heterocycles.